The molecule has 0 radical (unpaired) electrons. The number of carbonyl (C=O) groups excluding carboxylic acids is 2. The predicted octanol–water partition coefficient (Wildman–Crippen LogP) is 2.05. The second kappa shape index (κ2) is 6.08. The maximum atomic E-state index is 12.8. The van der Waals surface area contributed by atoms with Gasteiger partial charge in [-0.15, -0.1) is 0 Å². The number of hydrogen-bond donors (Lipinski definition) is 2. The molecule has 0 spiro atoms. The highest BCUT2D eigenvalue weighted by Gasteiger charge is 2.32. The van der Waals surface area contributed by atoms with E-state index < -0.39 is 0 Å². The molecule has 118 valence electrons. The number of hydrogen-bond acceptors (Lipinski definition) is 3. The Morgan fingerprint density at radius 1 is 1.23 bits per heavy atom. The van der Waals surface area contributed by atoms with Crippen LogP contribution >= 0.6 is 0 Å². The standard InChI is InChI=1S/C17H23N3O2/c1-11(21)19-15-7-4-12-8-9-20(16(12)10-15)17(22)13-2-5-14(18)6-3-13/h4,7,10,13-14H,2-3,5-6,8-9,18H2,1H3,(H,19,21). The van der Waals surface area contributed by atoms with Gasteiger partial charge in [-0.25, -0.2) is 0 Å². The van der Waals surface area contributed by atoms with Crippen molar-refractivity contribution in [1.29, 1.82) is 0 Å². The minimum absolute atomic E-state index is 0.0928. The van der Waals surface area contributed by atoms with Crippen molar-refractivity contribution in [3.8, 4) is 0 Å². The number of amides is 2. The number of nitrogens with one attached hydrogen (secondary N) is 1. The normalized spacial score (nSPS) is 24.0. The van der Waals surface area contributed by atoms with E-state index in [1.807, 2.05) is 23.1 Å². The van der Waals surface area contributed by atoms with Crippen molar-refractivity contribution in [2.75, 3.05) is 16.8 Å². The minimum Gasteiger partial charge on any atom is -0.328 e. The lowest BCUT2D eigenvalue weighted by Gasteiger charge is -2.29. The Morgan fingerprint density at radius 2 is 1.95 bits per heavy atom. The third-order valence-electron chi connectivity index (χ3n) is 4.69. The third kappa shape index (κ3) is 2.99. The summed E-state index contributed by atoms with van der Waals surface area (Å²) in [5.41, 5.74) is 8.80. The minimum atomic E-state index is -0.0999. The van der Waals surface area contributed by atoms with Crippen molar-refractivity contribution in [3.05, 3.63) is 23.8 Å². The van der Waals surface area contributed by atoms with Crippen molar-refractivity contribution in [1.82, 2.24) is 0 Å². The lowest BCUT2D eigenvalue weighted by molar-refractivity contribution is -0.123. The van der Waals surface area contributed by atoms with Crippen LogP contribution in [0.5, 0.6) is 0 Å². The number of nitrogens with zero attached hydrogens (tertiary/aromatic N) is 1. The first kappa shape index (κ1) is 15.0. The first-order chi connectivity index (χ1) is 10.5. The summed E-state index contributed by atoms with van der Waals surface area (Å²) < 4.78 is 0. The van der Waals surface area contributed by atoms with E-state index in [1.54, 1.807) is 0 Å². The molecule has 0 unspecified atom stereocenters. The number of fused-ring (bicyclic) bond motifs is 1. The van der Waals surface area contributed by atoms with Crippen molar-refractivity contribution < 1.29 is 9.59 Å². The summed E-state index contributed by atoms with van der Waals surface area (Å²) in [6.07, 6.45) is 4.52. The average Bonchev–Trinajstić information content (AvgIpc) is 2.90. The fourth-order valence-corrected chi connectivity index (χ4v) is 3.48. The number of nitrogens with two attached hydrogens (primary N) is 1. The van der Waals surface area contributed by atoms with Gasteiger partial charge in [0.15, 0.2) is 0 Å². The quantitative estimate of drug-likeness (QED) is 0.878. The Morgan fingerprint density at radius 3 is 2.64 bits per heavy atom. The predicted molar refractivity (Wildman–Crippen MR) is 86.7 cm³/mol. The van der Waals surface area contributed by atoms with E-state index in [9.17, 15) is 9.59 Å². The van der Waals surface area contributed by atoms with Crippen molar-refractivity contribution in [2.45, 2.75) is 45.1 Å². The highest BCUT2D eigenvalue weighted by atomic mass is 16.2. The van der Waals surface area contributed by atoms with E-state index in [4.69, 9.17) is 5.73 Å². The molecule has 0 atom stereocenters. The van der Waals surface area contributed by atoms with Gasteiger partial charge in [-0.1, -0.05) is 6.07 Å². The van der Waals surface area contributed by atoms with Crippen molar-refractivity contribution in [2.24, 2.45) is 11.7 Å². The molecule has 0 saturated heterocycles. The topological polar surface area (TPSA) is 75.4 Å². The molecule has 0 aromatic heterocycles. The lowest BCUT2D eigenvalue weighted by atomic mass is 9.85. The molecular weight excluding hydrogens is 278 g/mol. The third-order valence-corrected chi connectivity index (χ3v) is 4.69. The zero-order valence-electron chi connectivity index (χ0n) is 13.0. The average molecular weight is 301 g/mol. The van der Waals surface area contributed by atoms with Crippen LogP contribution in [0.4, 0.5) is 11.4 Å². The zero-order valence-corrected chi connectivity index (χ0v) is 13.0. The summed E-state index contributed by atoms with van der Waals surface area (Å²) in [5.74, 6) is 0.206. The Hall–Kier alpha value is -1.88. The van der Waals surface area contributed by atoms with Crippen LogP contribution in [0.15, 0.2) is 18.2 Å². The van der Waals surface area contributed by atoms with Gasteiger partial charge in [-0.2, -0.15) is 0 Å². The molecule has 5 nitrogen and oxygen atoms in total. The van der Waals surface area contributed by atoms with E-state index in [0.717, 1.165) is 50.0 Å². The van der Waals surface area contributed by atoms with Crippen LogP contribution in [0.3, 0.4) is 0 Å². The molecule has 3 rings (SSSR count). The molecule has 1 aromatic carbocycles. The fourth-order valence-electron chi connectivity index (χ4n) is 3.48. The van der Waals surface area contributed by atoms with Gasteiger partial charge >= 0.3 is 0 Å². The number of carbonyl (C=O) groups is 2. The Balaban J connectivity index is 1.77. The maximum absolute atomic E-state index is 12.8. The van der Waals surface area contributed by atoms with E-state index in [-0.39, 0.29) is 23.8 Å². The molecule has 22 heavy (non-hydrogen) atoms. The summed E-state index contributed by atoms with van der Waals surface area (Å²) in [6, 6.07) is 6.07. The van der Waals surface area contributed by atoms with Crippen LogP contribution in [0.1, 0.15) is 38.2 Å². The highest BCUT2D eigenvalue weighted by molar-refractivity contribution is 5.98. The second-order valence-corrected chi connectivity index (χ2v) is 6.38. The fraction of sp³-hybridized carbons (Fsp3) is 0.529. The Kier molecular flexibility index (Phi) is 4.16. The molecule has 1 saturated carbocycles. The zero-order chi connectivity index (χ0) is 15.7. The van der Waals surface area contributed by atoms with Crippen LogP contribution in [0, 0.1) is 5.92 Å². The molecule has 1 fully saturated rings. The van der Waals surface area contributed by atoms with Crippen LogP contribution < -0.4 is 16.0 Å². The summed E-state index contributed by atoms with van der Waals surface area (Å²) >= 11 is 0. The molecule has 1 aliphatic carbocycles. The Labute approximate surface area is 130 Å². The first-order valence-electron chi connectivity index (χ1n) is 8.02. The van der Waals surface area contributed by atoms with Crippen molar-refractivity contribution in [3.63, 3.8) is 0 Å². The molecular formula is C17H23N3O2. The summed E-state index contributed by atoms with van der Waals surface area (Å²) in [4.78, 5) is 25.9. The van der Waals surface area contributed by atoms with Gasteiger partial charge in [0.05, 0.1) is 0 Å². The van der Waals surface area contributed by atoms with Gasteiger partial charge in [0.2, 0.25) is 11.8 Å². The molecule has 5 heteroatoms. The largest absolute Gasteiger partial charge is 0.328 e. The van der Waals surface area contributed by atoms with Gasteiger partial charge in [0, 0.05) is 36.8 Å². The Bertz CT molecular complexity index is 592. The summed E-state index contributed by atoms with van der Waals surface area (Å²) in [6.45, 7) is 2.22. The summed E-state index contributed by atoms with van der Waals surface area (Å²) in [5, 5.41) is 2.79. The van der Waals surface area contributed by atoms with E-state index in [1.165, 1.54) is 12.5 Å². The highest BCUT2D eigenvalue weighted by Crippen LogP contribution is 2.34. The number of anilines is 2. The van der Waals surface area contributed by atoms with Gasteiger partial charge in [0.1, 0.15) is 0 Å². The molecule has 0 bridgehead atoms. The maximum Gasteiger partial charge on any atom is 0.230 e. The SMILES string of the molecule is CC(=O)Nc1ccc2c(c1)N(C(=O)C1CCC(N)CC1)CC2. The second-order valence-electron chi connectivity index (χ2n) is 6.38. The van der Waals surface area contributed by atoms with E-state index in [0.29, 0.717) is 0 Å². The molecule has 1 aromatic rings. The van der Waals surface area contributed by atoms with Crippen LogP contribution in [-0.4, -0.2) is 24.4 Å². The smallest absolute Gasteiger partial charge is 0.230 e. The number of benzene rings is 1. The molecule has 1 heterocycles. The van der Waals surface area contributed by atoms with Crippen LogP contribution in [0.25, 0.3) is 0 Å². The monoisotopic (exact) mass is 301 g/mol. The first-order valence-corrected chi connectivity index (χ1v) is 8.02. The summed E-state index contributed by atoms with van der Waals surface area (Å²) in [7, 11) is 0. The molecule has 2 aliphatic rings. The van der Waals surface area contributed by atoms with E-state index >= 15 is 0 Å². The van der Waals surface area contributed by atoms with Crippen LogP contribution in [-0.2, 0) is 16.0 Å². The molecule has 3 N–H and O–H groups in total. The van der Waals surface area contributed by atoms with Gasteiger partial charge in [0.25, 0.3) is 0 Å². The van der Waals surface area contributed by atoms with Gasteiger partial charge in [-0.3, -0.25) is 9.59 Å². The van der Waals surface area contributed by atoms with Gasteiger partial charge < -0.3 is 16.0 Å². The lowest BCUT2D eigenvalue weighted by Crippen LogP contribution is -2.38. The van der Waals surface area contributed by atoms with E-state index in [2.05, 4.69) is 5.32 Å². The van der Waals surface area contributed by atoms with Crippen LogP contribution in [0.2, 0.25) is 0 Å². The van der Waals surface area contributed by atoms with Crippen molar-refractivity contribution >= 4 is 23.2 Å². The number of rotatable bonds is 2. The molecule has 2 amide bonds. The van der Waals surface area contributed by atoms with Gasteiger partial charge in [-0.05, 0) is 49.8 Å². The molecule has 1 aliphatic heterocycles.